The third-order valence-electron chi connectivity index (χ3n) is 3.90. The van der Waals surface area contributed by atoms with Gasteiger partial charge >= 0.3 is 6.09 Å². The Morgan fingerprint density at radius 1 is 1.40 bits per heavy atom. The highest BCUT2D eigenvalue weighted by atomic mass is 19.1. The van der Waals surface area contributed by atoms with Crippen molar-refractivity contribution in [3.8, 4) is 0 Å². The van der Waals surface area contributed by atoms with Crippen LogP contribution < -0.4 is 0 Å². The molecular weight excluding hydrogens is 261 g/mol. The van der Waals surface area contributed by atoms with Crippen LogP contribution in [0, 0.1) is 0 Å². The number of carbonyl (C=O) groups is 1. The lowest BCUT2D eigenvalue weighted by atomic mass is 9.86. The minimum Gasteiger partial charge on any atom is -0.445 e. The number of benzene rings is 1. The van der Waals surface area contributed by atoms with Gasteiger partial charge in [0.1, 0.15) is 18.4 Å². The zero-order chi connectivity index (χ0) is 14.0. The van der Waals surface area contributed by atoms with Gasteiger partial charge in [-0.2, -0.15) is 0 Å². The molecule has 0 aromatic heterocycles. The van der Waals surface area contributed by atoms with E-state index in [1.54, 1.807) is 4.90 Å². The number of halogens is 1. The van der Waals surface area contributed by atoms with Gasteiger partial charge in [0.2, 0.25) is 0 Å². The van der Waals surface area contributed by atoms with Crippen molar-refractivity contribution in [1.82, 2.24) is 4.90 Å². The number of ether oxygens (including phenoxy) is 2. The lowest BCUT2D eigenvalue weighted by Crippen LogP contribution is -2.66. The van der Waals surface area contributed by atoms with Gasteiger partial charge < -0.3 is 14.4 Å². The molecule has 0 aliphatic carbocycles. The fraction of sp³-hybridized carbons (Fsp3) is 0.533. The second-order valence-corrected chi connectivity index (χ2v) is 5.53. The highest BCUT2D eigenvalue weighted by molar-refractivity contribution is 5.69. The van der Waals surface area contributed by atoms with Crippen molar-refractivity contribution in [2.75, 3.05) is 19.7 Å². The number of rotatable bonds is 2. The van der Waals surface area contributed by atoms with Crippen LogP contribution in [0.4, 0.5) is 9.18 Å². The summed E-state index contributed by atoms with van der Waals surface area (Å²) in [6.07, 6.45) is 0.00828. The monoisotopic (exact) mass is 279 g/mol. The van der Waals surface area contributed by atoms with Crippen molar-refractivity contribution in [2.24, 2.45) is 0 Å². The topological polar surface area (TPSA) is 38.8 Å². The molecule has 5 heteroatoms. The number of hydrogen-bond acceptors (Lipinski definition) is 3. The predicted octanol–water partition coefficient (Wildman–Crippen LogP) is 2.53. The lowest BCUT2D eigenvalue weighted by molar-refractivity contribution is -0.173. The Bertz CT molecular complexity index is 463. The first-order valence-corrected chi connectivity index (χ1v) is 6.91. The molecule has 108 valence electrons. The molecule has 3 rings (SSSR count). The molecule has 1 spiro atoms. The van der Waals surface area contributed by atoms with Gasteiger partial charge in [-0.25, -0.2) is 9.18 Å². The van der Waals surface area contributed by atoms with Gasteiger partial charge in [0.25, 0.3) is 0 Å². The summed E-state index contributed by atoms with van der Waals surface area (Å²) in [6.45, 7) is 1.43. The quantitative estimate of drug-likeness (QED) is 0.835. The molecule has 0 N–H and O–H groups in total. The second-order valence-electron chi connectivity index (χ2n) is 5.53. The summed E-state index contributed by atoms with van der Waals surface area (Å²) in [5.41, 5.74) is 0.638. The van der Waals surface area contributed by atoms with E-state index in [4.69, 9.17) is 9.47 Å². The Morgan fingerprint density at radius 2 is 2.15 bits per heavy atom. The Balaban J connectivity index is 1.44. The highest BCUT2D eigenvalue weighted by Crippen LogP contribution is 2.35. The van der Waals surface area contributed by atoms with Crippen LogP contribution in [0.2, 0.25) is 0 Å². The maximum absolute atomic E-state index is 13.0. The van der Waals surface area contributed by atoms with E-state index in [-0.39, 0.29) is 24.9 Å². The van der Waals surface area contributed by atoms with Crippen molar-refractivity contribution in [3.63, 3.8) is 0 Å². The molecule has 1 aromatic rings. The van der Waals surface area contributed by atoms with E-state index < -0.39 is 6.17 Å². The van der Waals surface area contributed by atoms with E-state index >= 15 is 0 Å². The number of carbonyl (C=O) groups excluding carboxylic acids is 1. The standard InChI is InChI=1S/C15H18FNO3/c16-13-6-7-15(20-9-13)10-17(11-15)14(18)19-8-12-4-2-1-3-5-12/h1-5,13H,6-11H2/t13-/m0/s1. The van der Waals surface area contributed by atoms with Gasteiger partial charge in [-0.3, -0.25) is 0 Å². The number of likely N-dealkylation sites (tertiary alicyclic amines) is 1. The third-order valence-corrected chi connectivity index (χ3v) is 3.90. The van der Waals surface area contributed by atoms with E-state index in [2.05, 4.69) is 0 Å². The molecule has 2 heterocycles. The van der Waals surface area contributed by atoms with Crippen LogP contribution in [0.5, 0.6) is 0 Å². The summed E-state index contributed by atoms with van der Waals surface area (Å²) in [5, 5.41) is 0. The van der Waals surface area contributed by atoms with Crippen LogP contribution in [0.3, 0.4) is 0 Å². The molecule has 2 saturated heterocycles. The Kier molecular flexibility index (Phi) is 3.61. The second kappa shape index (κ2) is 5.40. The van der Waals surface area contributed by atoms with Crippen LogP contribution in [-0.4, -0.2) is 42.5 Å². The molecular formula is C15H18FNO3. The fourth-order valence-electron chi connectivity index (χ4n) is 2.68. The van der Waals surface area contributed by atoms with E-state index in [1.165, 1.54) is 0 Å². The van der Waals surface area contributed by atoms with E-state index in [0.717, 1.165) is 5.56 Å². The highest BCUT2D eigenvalue weighted by Gasteiger charge is 2.49. The van der Waals surface area contributed by atoms with Crippen LogP contribution in [0.25, 0.3) is 0 Å². The minimum atomic E-state index is -0.861. The van der Waals surface area contributed by atoms with Gasteiger partial charge in [0.05, 0.1) is 19.7 Å². The molecule has 0 radical (unpaired) electrons. The summed E-state index contributed by atoms with van der Waals surface area (Å²) >= 11 is 0. The Hall–Kier alpha value is -1.62. The van der Waals surface area contributed by atoms with Crippen molar-refractivity contribution >= 4 is 6.09 Å². The fourth-order valence-corrected chi connectivity index (χ4v) is 2.68. The number of hydrogen-bond donors (Lipinski definition) is 0. The van der Waals surface area contributed by atoms with Crippen LogP contribution in [0.1, 0.15) is 18.4 Å². The average Bonchev–Trinajstić information content (AvgIpc) is 2.45. The van der Waals surface area contributed by atoms with E-state index in [1.807, 2.05) is 30.3 Å². The molecule has 4 nitrogen and oxygen atoms in total. The number of alkyl halides is 1. The maximum atomic E-state index is 13.0. The SMILES string of the molecule is O=C(OCc1ccccc1)N1CC2(CC[C@H](F)CO2)C1. The molecule has 1 atom stereocenters. The smallest absolute Gasteiger partial charge is 0.410 e. The summed E-state index contributed by atoms with van der Waals surface area (Å²) in [4.78, 5) is 13.5. The van der Waals surface area contributed by atoms with Gasteiger partial charge in [-0.15, -0.1) is 0 Å². The molecule has 2 aliphatic heterocycles. The molecule has 0 saturated carbocycles. The molecule has 20 heavy (non-hydrogen) atoms. The van der Waals surface area contributed by atoms with Crippen LogP contribution in [0.15, 0.2) is 30.3 Å². The zero-order valence-electron chi connectivity index (χ0n) is 11.3. The largest absolute Gasteiger partial charge is 0.445 e. The molecule has 2 aliphatic rings. The number of nitrogens with zero attached hydrogens (tertiary/aromatic N) is 1. The average molecular weight is 279 g/mol. The van der Waals surface area contributed by atoms with Crippen molar-refractivity contribution < 1.29 is 18.7 Å². The molecule has 0 bridgehead atoms. The van der Waals surface area contributed by atoms with Crippen molar-refractivity contribution in [3.05, 3.63) is 35.9 Å². The van der Waals surface area contributed by atoms with Crippen molar-refractivity contribution in [1.29, 1.82) is 0 Å². The number of amides is 1. The van der Waals surface area contributed by atoms with Crippen LogP contribution >= 0.6 is 0 Å². The molecule has 0 unspecified atom stereocenters. The van der Waals surface area contributed by atoms with Crippen LogP contribution in [-0.2, 0) is 16.1 Å². The molecule has 2 fully saturated rings. The Morgan fingerprint density at radius 3 is 2.80 bits per heavy atom. The third kappa shape index (κ3) is 2.77. The summed E-state index contributed by atoms with van der Waals surface area (Å²) < 4.78 is 23.8. The van der Waals surface area contributed by atoms with E-state index in [9.17, 15) is 9.18 Å². The maximum Gasteiger partial charge on any atom is 0.410 e. The summed E-state index contributed by atoms with van der Waals surface area (Å²) in [5.74, 6) is 0. The normalized spacial score (nSPS) is 24.2. The van der Waals surface area contributed by atoms with Crippen molar-refractivity contribution in [2.45, 2.75) is 31.2 Å². The molecule has 1 aromatic carbocycles. The zero-order valence-corrected chi connectivity index (χ0v) is 11.3. The van der Waals surface area contributed by atoms with Gasteiger partial charge in [-0.05, 0) is 18.4 Å². The first-order chi connectivity index (χ1) is 9.67. The van der Waals surface area contributed by atoms with Gasteiger partial charge in [0, 0.05) is 0 Å². The van der Waals surface area contributed by atoms with E-state index in [0.29, 0.717) is 25.9 Å². The van der Waals surface area contributed by atoms with Gasteiger partial charge in [-0.1, -0.05) is 30.3 Å². The summed E-state index contributed by atoms with van der Waals surface area (Å²) in [6, 6.07) is 9.56. The Labute approximate surface area is 117 Å². The van der Waals surface area contributed by atoms with Gasteiger partial charge in [0.15, 0.2) is 0 Å². The minimum absolute atomic E-state index is 0.146. The lowest BCUT2D eigenvalue weighted by Gasteiger charge is -2.51. The predicted molar refractivity (Wildman–Crippen MR) is 71.0 cm³/mol. The molecule has 1 amide bonds. The summed E-state index contributed by atoms with van der Waals surface area (Å²) in [7, 11) is 0. The first kappa shape index (κ1) is 13.4. The first-order valence-electron chi connectivity index (χ1n) is 6.91.